The summed E-state index contributed by atoms with van der Waals surface area (Å²) >= 11 is 1.19. The van der Waals surface area contributed by atoms with Crippen molar-refractivity contribution < 1.29 is 19.1 Å². The van der Waals surface area contributed by atoms with E-state index >= 15 is 0 Å². The van der Waals surface area contributed by atoms with E-state index in [9.17, 15) is 9.59 Å². The molecule has 30 heavy (non-hydrogen) atoms. The Bertz CT molecular complexity index is 1080. The van der Waals surface area contributed by atoms with Gasteiger partial charge in [0.2, 0.25) is 5.91 Å². The van der Waals surface area contributed by atoms with Crippen LogP contribution in [0, 0.1) is 0 Å². The summed E-state index contributed by atoms with van der Waals surface area (Å²) in [5, 5.41) is 3.27. The van der Waals surface area contributed by atoms with Crippen LogP contribution < -0.4 is 14.8 Å². The summed E-state index contributed by atoms with van der Waals surface area (Å²) in [5.74, 6) is 1.39. The number of amidine groups is 2. The number of thioether (sulfide) groups is 1. The van der Waals surface area contributed by atoms with E-state index in [1.54, 1.807) is 32.2 Å². The lowest BCUT2D eigenvalue weighted by Crippen LogP contribution is -2.41. The first-order chi connectivity index (χ1) is 14.5. The maximum absolute atomic E-state index is 12.6. The van der Waals surface area contributed by atoms with Crippen LogP contribution >= 0.6 is 11.8 Å². The number of anilines is 1. The van der Waals surface area contributed by atoms with E-state index in [1.165, 1.54) is 23.8 Å². The van der Waals surface area contributed by atoms with Crippen molar-refractivity contribution in [3.8, 4) is 11.5 Å². The molecule has 2 heterocycles. The van der Waals surface area contributed by atoms with Gasteiger partial charge >= 0.3 is 0 Å². The van der Waals surface area contributed by atoms with Crippen molar-refractivity contribution in [3.63, 3.8) is 0 Å². The lowest BCUT2D eigenvalue weighted by Gasteiger charge is -2.25. The van der Waals surface area contributed by atoms with Gasteiger partial charge in [0.05, 0.1) is 25.7 Å². The van der Waals surface area contributed by atoms with Gasteiger partial charge in [-0.05, 0) is 31.2 Å². The summed E-state index contributed by atoms with van der Waals surface area (Å²) in [6, 6.07) is 12.2. The molecule has 4 rings (SSSR count). The van der Waals surface area contributed by atoms with Crippen molar-refractivity contribution in [3.05, 3.63) is 48.0 Å². The Kier molecular flexibility index (Phi) is 5.45. The van der Waals surface area contributed by atoms with Gasteiger partial charge in [-0.15, -0.1) is 0 Å². The zero-order valence-corrected chi connectivity index (χ0v) is 17.5. The van der Waals surface area contributed by atoms with Crippen LogP contribution in [0.3, 0.4) is 0 Å². The van der Waals surface area contributed by atoms with Crippen LogP contribution in [0.15, 0.2) is 52.4 Å². The van der Waals surface area contributed by atoms with E-state index in [1.807, 2.05) is 24.3 Å². The summed E-state index contributed by atoms with van der Waals surface area (Å²) in [4.78, 5) is 35.7. The Morgan fingerprint density at radius 1 is 1.17 bits per heavy atom. The Morgan fingerprint density at radius 3 is 2.70 bits per heavy atom. The molecule has 154 valence electrons. The molecule has 2 aromatic carbocycles. The number of carbonyl (C=O) groups excluding carboxylic acids is 2. The molecule has 8 nitrogen and oxygen atoms in total. The van der Waals surface area contributed by atoms with E-state index in [2.05, 4.69) is 15.3 Å². The number of para-hydroxylation sites is 1. The average Bonchev–Trinajstić information content (AvgIpc) is 3.06. The second-order valence-corrected chi connectivity index (χ2v) is 7.56. The third-order valence-corrected chi connectivity index (χ3v) is 5.60. The molecule has 9 heteroatoms. The molecular weight excluding hydrogens is 404 g/mol. The lowest BCUT2D eigenvalue weighted by atomic mass is 10.1. The molecule has 2 aromatic rings. The maximum Gasteiger partial charge on any atom is 0.258 e. The molecular formula is C21H20N4O4S. The Balaban J connectivity index is 1.49. The van der Waals surface area contributed by atoms with Gasteiger partial charge in [0, 0.05) is 17.3 Å². The second kappa shape index (κ2) is 8.19. The Morgan fingerprint density at radius 2 is 1.93 bits per heavy atom. The van der Waals surface area contributed by atoms with E-state index in [0.29, 0.717) is 28.2 Å². The molecule has 0 unspecified atom stereocenters. The van der Waals surface area contributed by atoms with Crippen molar-refractivity contribution in [2.75, 3.05) is 25.3 Å². The molecule has 0 aliphatic carbocycles. The number of carbonyl (C=O) groups is 2. The Labute approximate surface area is 178 Å². The number of rotatable bonds is 5. The van der Waals surface area contributed by atoms with Gasteiger partial charge in [-0.3, -0.25) is 14.6 Å². The van der Waals surface area contributed by atoms with Crippen molar-refractivity contribution >= 4 is 46.0 Å². The Hall–Kier alpha value is -3.33. The maximum atomic E-state index is 12.6. The minimum Gasteiger partial charge on any atom is -0.493 e. The smallest absolute Gasteiger partial charge is 0.258 e. The normalized spacial score (nSPS) is 17.0. The molecule has 2 aliphatic heterocycles. The number of nitrogens with one attached hydrogen (secondary N) is 1. The van der Waals surface area contributed by atoms with E-state index in [0.717, 1.165) is 11.3 Å². The number of hydrogen-bond donors (Lipinski definition) is 1. The van der Waals surface area contributed by atoms with Gasteiger partial charge in [0.15, 0.2) is 16.7 Å². The topological polar surface area (TPSA) is 92.6 Å². The molecule has 0 aromatic heterocycles. The monoisotopic (exact) mass is 424 g/mol. The number of amides is 2. The zero-order valence-electron chi connectivity index (χ0n) is 16.7. The van der Waals surface area contributed by atoms with Crippen LogP contribution in [0.25, 0.3) is 0 Å². The van der Waals surface area contributed by atoms with Gasteiger partial charge in [-0.2, -0.15) is 0 Å². The molecule has 1 N–H and O–H groups in total. The number of methoxy groups -OCH3 is 2. The minimum absolute atomic E-state index is 0.0841. The SMILES string of the molecule is COc1ccc(NC(=O)CSC2=Nc3ccccc3C3=N[C@@H](C)C(=O)N23)cc1OC. The summed E-state index contributed by atoms with van der Waals surface area (Å²) in [6.45, 7) is 1.75. The molecule has 1 atom stereocenters. The first-order valence-electron chi connectivity index (χ1n) is 9.26. The number of nitrogens with zero attached hydrogens (tertiary/aromatic N) is 3. The predicted molar refractivity (Wildman–Crippen MR) is 117 cm³/mol. The van der Waals surface area contributed by atoms with Crippen LogP contribution in [0.5, 0.6) is 11.5 Å². The number of fused-ring (bicyclic) bond motifs is 3. The quantitative estimate of drug-likeness (QED) is 0.796. The molecule has 2 amide bonds. The molecule has 2 aliphatic rings. The highest BCUT2D eigenvalue weighted by Gasteiger charge is 2.39. The highest BCUT2D eigenvalue weighted by molar-refractivity contribution is 8.14. The van der Waals surface area contributed by atoms with Crippen molar-refractivity contribution in [2.24, 2.45) is 9.98 Å². The summed E-state index contributed by atoms with van der Waals surface area (Å²) < 4.78 is 10.5. The van der Waals surface area contributed by atoms with Crippen LogP contribution in [0.4, 0.5) is 11.4 Å². The van der Waals surface area contributed by atoms with Crippen molar-refractivity contribution in [1.82, 2.24) is 4.90 Å². The standard InChI is InChI=1S/C21H20N4O4S/c1-12-20(27)25-19(22-12)14-6-4-5-7-15(14)24-21(25)30-11-18(26)23-13-8-9-16(28-2)17(10-13)29-3/h4-10,12H,11H2,1-3H3,(H,23,26)/t12-/m0/s1. The van der Waals surface area contributed by atoms with Gasteiger partial charge in [0.25, 0.3) is 5.91 Å². The second-order valence-electron chi connectivity index (χ2n) is 6.62. The van der Waals surface area contributed by atoms with E-state index in [-0.39, 0.29) is 17.6 Å². The fraction of sp³-hybridized carbons (Fsp3) is 0.238. The molecule has 0 saturated carbocycles. The van der Waals surface area contributed by atoms with Gasteiger partial charge in [0.1, 0.15) is 11.9 Å². The summed E-state index contributed by atoms with van der Waals surface area (Å²) in [5.41, 5.74) is 2.13. The summed E-state index contributed by atoms with van der Waals surface area (Å²) in [7, 11) is 3.08. The molecule has 0 saturated heterocycles. The molecule has 0 spiro atoms. The highest BCUT2D eigenvalue weighted by Crippen LogP contribution is 2.33. The number of hydrogen-bond acceptors (Lipinski definition) is 7. The summed E-state index contributed by atoms with van der Waals surface area (Å²) in [6.07, 6.45) is 0. The third-order valence-electron chi connectivity index (χ3n) is 4.66. The van der Waals surface area contributed by atoms with Crippen LogP contribution in [-0.2, 0) is 9.59 Å². The molecule has 0 fully saturated rings. The molecule has 0 radical (unpaired) electrons. The van der Waals surface area contributed by atoms with Gasteiger partial charge in [-0.25, -0.2) is 9.89 Å². The van der Waals surface area contributed by atoms with Gasteiger partial charge in [-0.1, -0.05) is 23.9 Å². The molecule has 0 bridgehead atoms. The average molecular weight is 424 g/mol. The predicted octanol–water partition coefficient (Wildman–Crippen LogP) is 3.05. The van der Waals surface area contributed by atoms with Crippen LogP contribution in [-0.4, -0.2) is 53.7 Å². The first-order valence-corrected chi connectivity index (χ1v) is 10.2. The first kappa shape index (κ1) is 20.0. The largest absolute Gasteiger partial charge is 0.493 e. The fourth-order valence-corrected chi connectivity index (χ4v) is 4.01. The third kappa shape index (κ3) is 3.63. The highest BCUT2D eigenvalue weighted by atomic mass is 32.2. The zero-order chi connectivity index (χ0) is 21.3. The minimum atomic E-state index is -0.474. The van der Waals surface area contributed by atoms with Crippen molar-refractivity contribution in [1.29, 1.82) is 0 Å². The van der Waals surface area contributed by atoms with E-state index < -0.39 is 6.04 Å². The number of aliphatic imine (C=N–C) groups is 2. The van der Waals surface area contributed by atoms with Crippen molar-refractivity contribution in [2.45, 2.75) is 13.0 Å². The fourth-order valence-electron chi connectivity index (χ4n) is 3.21. The van der Waals surface area contributed by atoms with Crippen LogP contribution in [0.2, 0.25) is 0 Å². The number of ether oxygens (including phenoxy) is 2. The number of benzene rings is 2. The van der Waals surface area contributed by atoms with E-state index in [4.69, 9.17) is 9.47 Å². The van der Waals surface area contributed by atoms with Crippen LogP contribution in [0.1, 0.15) is 12.5 Å². The van der Waals surface area contributed by atoms with Gasteiger partial charge < -0.3 is 14.8 Å². The lowest BCUT2D eigenvalue weighted by molar-refractivity contribution is -0.124.